The van der Waals surface area contributed by atoms with Gasteiger partial charge in [-0.1, -0.05) is 6.07 Å². The molecule has 7 nitrogen and oxygen atoms in total. The SMILES string of the molecule is CS(=O)(=O)N(CCC#N)Cc1ccc(/C=C2/C(=O)Nc3cc(C(F)(F)F)ccc32)o1. The topological polar surface area (TPSA) is 103 Å². The highest BCUT2D eigenvalue weighted by molar-refractivity contribution is 7.88. The van der Waals surface area contributed by atoms with Crippen molar-refractivity contribution in [2.24, 2.45) is 0 Å². The number of anilines is 1. The van der Waals surface area contributed by atoms with E-state index in [-0.39, 0.29) is 42.3 Å². The molecule has 0 radical (unpaired) electrons. The van der Waals surface area contributed by atoms with Crippen LogP contribution in [0.1, 0.15) is 29.1 Å². The highest BCUT2D eigenvalue weighted by atomic mass is 32.2. The Morgan fingerprint density at radius 1 is 1.27 bits per heavy atom. The zero-order valence-corrected chi connectivity index (χ0v) is 16.5. The molecule has 30 heavy (non-hydrogen) atoms. The molecule has 2 heterocycles. The Morgan fingerprint density at radius 3 is 2.63 bits per heavy atom. The second kappa shape index (κ2) is 7.97. The molecule has 0 aliphatic carbocycles. The number of benzene rings is 1. The van der Waals surface area contributed by atoms with Crippen LogP contribution in [0.3, 0.4) is 0 Å². The molecule has 1 aliphatic rings. The molecule has 1 aliphatic heterocycles. The van der Waals surface area contributed by atoms with E-state index in [1.54, 1.807) is 0 Å². The number of halogens is 3. The van der Waals surface area contributed by atoms with Crippen molar-refractivity contribution in [1.82, 2.24) is 4.31 Å². The van der Waals surface area contributed by atoms with Crippen molar-refractivity contribution in [3.63, 3.8) is 0 Å². The lowest BCUT2D eigenvalue weighted by Crippen LogP contribution is -2.30. The highest BCUT2D eigenvalue weighted by Gasteiger charge is 2.33. The monoisotopic (exact) mass is 439 g/mol. The summed E-state index contributed by atoms with van der Waals surface area (Å²) in [6, 6.07) is 7.88. The summed E-state index contributed by atoms with van der Waals surface area (Å²) in [5.41, 5.74) is -0.393. The Balaban J connectivity index is 1.85. The molecule has 3 rings (SSSR count). The van der Waals surface area contributed by atoms with E-state index in [0.717, 1.165) is 22.7 Å². The van der Waals surface area contributed by atoms with Crippen LogP contribution in [0.15, 0.2) is 34.7 Å². The van der Waals surface area contributed by atoms with E-state index in [9.17, 15) is 26.4 Å². The first-order valence-corrected chi connectivity index (χ1v) is 10.5. The van der Waals surface area contributed by atoms with Gasteiger partial charge in [-0.25, -0.2) is 8.42 Å². The van der Waals surface area contributed by atoms with Gasteiger partial charge >= 0.3 is 6.18 Å². The number of carbonyl (C=O) groups excluding carboxylic acids is 1. The van der Waals surface area contributed by atoms with Crippen molar-refractivity contribution in [3.05, 3.63) is 53.0 Å². The first-order chi connectivity index (χ1) is 14.0. The number of hydrogen-bond donors (Lipinski definition) is 1. The van der Waals surface area contributed by atoms with Crippen LogP contribution in [0, 0.1) is 11.3 Å². The molecule has 11 heteroatoms. The molecule has 0 unspecified atom stereocenters. The predicted octanol–water partition coefficient (Wildman–Crippen LogP) is 3.47. The van der Waals surface area contributed by atoms with Gasteiger partial charge in [0.1, 0.15) is 11.5 Å². The number of carbonyl (C=O) groups is 1. The molecule has 2 aromatic rings. The van der Waals surface area contributed by atoms with E-state index in [2.05, 4.69) is 5.32 Å². The molecule has 0 bridgehead atoms. The number of nitriles is 1. The van der Waals surface area contributed by atoms with Crippen molar-refractivity contribution in [1.29, 1.82) is 5.26 Å². The number of fused-ring (bicyclic) bond motifs is 1. The third kappa shape index (κ3) is 4.72. The number of hydrogen-bond acceptors (Lipinski definition) is 5. The molecular formula is C19H16F3N3O4S. The summed E-state index contributed by atoms with van der Waals surface area (Å²) >= 11 is 0. The van der Waals surface area contributed by atoms with Crippen LogP contribution in [0.25, 0.3) is 11.6 Å². The maximum absolute atomic E-state index is 12.9. The van der Waals surface area contributed by atoms with Crippen LogP contribution >= 0.6 is 0 Å². The molecule has 0 saturated heterocycles. The molecule has 0 fully saturated rings. The second-order valence-corrected chi connectivity index (χ2v) is 8.56. The summed E-state index contributed by atoms with van der Waals surface area (Å²) in [7, 11) is -3.56. The maximum atomic E-state index is 12.9. The Kier molecular flexibility index (Phi) is 5.74. The summed E-state index contributed by atoms with van der Waals surface area (Å²) in [6.45, 7) is -0.0921. The lowest BCUT2D eigenvalue weighted by atomic mass is 10.0. The molecule has 1 aromatic carbocycles. The number of furan rings is 1. The Morgan fingerprint density at radius 2 is 2.00 bits per heavy atom. The van der Waals surface area contributed by atoms with Gasteiger partial charge in [0.15, 0.2) is 0 Å². The highest BCUT2D eigenvalue weighted by Crippen LogP contribution is 2.38. The number of nitrogens with one attached hydrogen (secondary N) is 1. The van der Waals surface area contributed by atoms with Gasteiger partial charge in [0.05, 0.1) is 30.0 Å². The lowest BCUT2D eigenvalue weighted by molar-refractivity contribution is -0.137. The lowest BCUT2D eigenvalue weighted by Gasteiger charge is -2.16. The molecule has 0 atom stereocenters. The fraction of sp³-hybridized carbons (Fsp3) is 0.263. The van der Waals surface area contributed by atoms with Gasteiger partial charge in [-0.3, -0.25) is 4.79 Å². The van der Waals surface area contributed by atoms with Gasteiger partial charge in [0.25, 0.3) is 5.91 Å². The zero-order chi connectivity index (χ0) is 22.1. The smallest absolute Gasteiger partial charge is 0.416 e. The van der Waals surface area contributed by atoms with E-state index in [4.69, 9.17) is 9.68 Å². The first-order valence-electron chi connectivity index (χ1n) is 8.64. The number of rotatable bonds is 6. The van der Waals surface area contributed by atoms with Crippen LogP contribution in [-0.4, -0.2) is 31.4 Å². The number of nitrogens with zero attached hydrogens (tertiary/aromatic N) is 2. The molecule has 0 spiro atoms. The van der Waals surface area contributed by atoms with Gasteiger partial charge in [-0.2, -0.15) is 22.7 Å². The maximum Gasteiger partial charge on any atom is 0.416 e. The van der Waals surface area contributed by atoms with E-state index in [0.29, 0.717) is 5.56 Å². The van der Waals surface area contributed by atoms with Crippen LogP contribution in [0.2, 0.25) is 0 Å². The van der Waals surface area contributed by atoms with Crippen molar-refractivity contribution >= 4 is 33.3 Å². The molecule has 1 amide bonds. The minimum absolute atomic E-state index is 0.00375. The normalized spacial score (nSPS) is 15.3. The van der Waals surface area contributed by atoms with Crippen molar-refractivity contribution in [2.45, 2.75) is 19.1 Å². The Hall–Kier alpha value is -3.10. The van der Waals surface area contributed by atoms with Gasteiger partial charge in [-0.05, 0) is 30.3 Å². The minimum atomic E-state index is -4.53. The third-order valence-electron chi connectivity index (χ3n) is 4.37. The standard InChI is InChI=1S/C19H16F3N3O4S/c1-30(27,28)25(8-2-7-23)11-14-5-4-13(29-14)10-16-15-6-3-12(19(20,21)22)9-17(15)24-18(16)26/h3-6,9-10H,2,8,11H2,1H3,(H,24,26)/b16-10+. The summed E-state index contributed by atoms with van der Waals surface area (Å²) in [5, 5.41) is 11.1. The zero-order valence-electron chi connectivity index (χ0n) is 15.7. The quantitative estimate of drug-likeness (QED) is 0.695. The third-order valence-corrected chi connectivity index (χ3v) is 5.62. The first kappa shape index (κ1) is 21.6. The largest absolute Gasteiger partial charge is 0.460 e. The molecule has 158 valence electrons. The van der Waals surface area contributed by atoms with Crippen LogP contribution in [0.4, 0.5) is 18.9 Å². The predicted molar refractivity (Wildman–Crippen MR) is 102 cm³/mol. The Bertz CT molecular complexity index is 1160. The van der Waals surface area contributed by atoms with Crippen LogP contribution in [-0.2, 0) is 27.5 Å². The molecular weight excluding hydrogens is 423 g/mol. The van der Waals surface area contributed by atoms with E-state index in [1.165, 1.54) is 24.3 Å². The Labute approximate surface area is 170 Å². The fourth-order valence-electron chi connectivity index (χ4n) is 2.92. The fourth-order valence-corrected chi connectivity index (χ4v) is 3.71. The average molecular weight is 439 g/mol. The van der Waals surface area contributed by atoms with Crippen molar-refractivity contribution in [3.8, 4) is 6.07 Å². The van der Waals surface area contributed by atoms with Gasteiger partial charge in [-0.15, -0.1) is 0 Å². The minimum Gasteiger partial charge on any atom is -0.460 e. The molecule has 1 N–H and O–H groups in total. The van der Waals surface area contributed by atoms with Crippen LogP contribution < -0.4 is 5.32 Å². The summed E-state index contributed by atoms with van der Waals surface area (Å²) < 4.78 is 68.9. The van der Waals surface area contributed by atoms with Crippen molar-refractivity contribution < 1.29 is 30.8 Å². The second-order valence-electron chi connectivity index (χ2n) is 6.58. The van der Waals surface area contributed by atoms with Gasteiger partial charge in [0.2, 0.25) is 10.0 Å². The number of sulfonamides is 1. The van der Waals surface area contributed by atoms with Gasteiger partial charge < -0.3 is 9.73 Å². The van der Waals surface area contributed by atoms with E-state index in [1.807, 2.05) is 6.07 Å². The van der Waals surface area contributed by atoms with E-state index >= 15 is 0 Å². The summed E-state index contributed by atoms with van der Waals surface area (Å²) in [5.74, 6) is -0.0537. The van der Waals surface area contributed by atoms with Crippen LogP contribution in [0.5, 0.6) is 0 Å². The average Bonchev–Trinajstić information content (AvgIpc) is 3.21. The number of amides is 1. The number of alkyl halides is 3. The molecule has 1 aromatic heterocycles. The van der Waals surface area contributed by atoms with Crippen molar-refractivity contribution in [2.75, 3.05) is 18.1 Å². The van der Waals surface area contributed by atoms with E-state index < -0.39 is 27.7 Å². The van der Waals surface area contributed by atoms with Gasteiger partial charge in [0, 0.05) is 24.2 Å². The summed E-state index contributed by atoms with van der Waals surface area (Å²) in [4.78, 5) is 12.2. The molecule has 0 saturated carbocycles. The summed E-state index contributed by atoms with van der Waals surface area (Å²) in [6.07, 6.45) is -2.12.